The van der Waals surface area contributed by atoms with Gasteiger partial charge in [-0.15, -0.1) is 0 Å². The van der Waals surface area contributed by atoms with Crippen LogP contribution in [0.2, 0.25) is 0 Å². The normalized spacial score (nSPS) is 12.6. The fraction of sp³-hybridized carbons (Fsp3) is 0.615. The summed E-state index contributed by atoms with van der Waals surface area (Å²) in [5.74, 6) is 0. The number of likely N-dealkylation sites (N-methyl/N-ethyl adjacent to an activating group) is 1. The van der Waals surface area contributed by atoms with Gasteiger partial charge in [0.25, 0.3) is 0 Å². The number of aromatic nitrogens is 1. The fourth-order valence-corrected chi connectivity index (χ4v) is 2.86. The largest absolute Gasteiger partial charge is 0.308 e. The molecule has 0 aliphatic carbocycles. The van der Waals surface area contributed by atoms with Crippen molar-refractivity contribution in [2.75, 3.05) is 27.2 Å². The summed E-state index contributed by atoms with van der Waals surface area (Å²) in [4.78, 5) is 6.01. The highest BCUT2D eigenvalue weighted by molar-refractivity contribution is 7.89. The van der Waals surface area contributed by atoms with E-state index in [0.29, 0.717) is 19.6 Å². The van der Waals surface area contributed by atoms with Gasteiger partial charge >= 0.3 is 0 Å². The van der Waals surface area contributed by atoms with Gasteiger partial charge < -0.3 is 4.90 Å². The lowest BCUT2D eigenvalue weighted by Gasteiger charge is -2.25. The molecule has 19 heavy (non-hydrogen) atoms. The Morgan fingerprint density at radius 1 is 1.26 bits per heavy atom. The van der Waals surface area contributed by atoms with Gasteiger partial charge in [-0.1, -0.05) is 6.07 Å². The highest BCUT2D eigenvalue weighted by atomic mass is 32.2. The lowest BCUT2D eigenvalue weighted by molar-refractivity contribution is 0.327. The van der Waals surface area contributed by atoms with Gasteiger partial charge in [0.2, 0.25) is 10.0 Å². The van der Waals surface area contributed by atoms with Crippen molar-refractivity contribution in [1.82, 2.24) is 14.2 Å². The maximum Gasteiger partial charge on any atom is 0.216 e. The SMILES string of the molecule is CC(C)S(=O)(=O)N(CCN(C)C)Cc1cccnc1. The lowest BCUT2D eigenvalue weighted by Crippen LogP contribution is -2.39. The Bertz CT molecular complexity index is 472. The van der Waals surface area contributed by atoms with Crippen molar-refractivity contribution in [2.45, 2.75) is 25.6 Å². The van der Waals surface area contributed by atoms with E-state index in [-0.39, 0.29) is 0 Å². The molecule has 0 spiro atoms. The van der Waals surface area contributed by atoms with Crippen LogP contribution in [0, 0.1) is 0 Å². The monoisotopic (exact) mass is 285 g/mol. The first-order valence-corrected chi connectivity index (χ1v) is 7.87. The minimum absolute atomic E-state index is 0.377. The molecule has 0 saturated heterocycles. The molecule has 0 fully saturated rings. The molecule has 0 aliphatic heterocycles. The van der Waals surface area contributed by atoms with Crippen molar-refractivity contribution in [3.05, 3.63) is 30.1 Å². The first-order valence-electron chi connectivity index (χ1n) is 6.36. The zero-order valence-corrected chi connectivity index (χ0v) is 12.9. The maximum absolute atomic E-state index is 12.3. The Kier molecular flexibility index (Phi) is 5.90. The third kappa shape index (κ3) is 4.89. The summed E-state index contributed by atoms with van der Waals surface area (Å²) in [6, 6.07) is 3.72. The van der Waals surface area contributed by atoms with Gasteiger partial charge in [-0.3, -0.25) is 4.98 Å². The van der Waals surface area contributed by atoms with Crippen LogP contribution in [0.5, 0.6) is 0 Å². The molecular formula is C13H23N3O2S. The lowest BCUT2D eigenvalue weighted by atomic mass is 10.3. The Morgan fingerprint density at radius 2 is 1.95 bits per heavy atom. The van der Waals surface area contributed by atoms with Gasteiger partial charge in [-0.2, -0.15) is 4.31 Å². The smallest absolute Gasteiger partial charge is 0.216 e. The molecule has 0 bridgehead atoms. The summed E-state index contributed by atoms with van der Waals surface area (Å²) >= 11 is 0. The minimum atomic E-state index is -3.25. The second-order valence-electron chi connectivity index (χ2n) is 5.09. The summed E-state index contributed by atoms with van der Waals surface area (Å²) < 4.78 is 26.2. The highest BCUT2D eigenvalue weighted by Gasteiger charge is 2.25. The zero-order chi connectivity index (χ0) is 14.5. The first-order chi connectivity index (χ1) is 8.84. The molecule has 0 saturated carbocycles. The van der Waals surface area contributed by atoms with Gasteiger partial charge in [0.05, 0.1) is 5.25 Å². The molecule has 108 valence electrons. The summed E-state index contributed by atoms with van der Waals surface area (Å²) in [6.45, 7) is 4.99. The van der Waals surface area contributed by atoms with E-state index in [0.717, 1.165) is 5.56 Å². The number of pyridine rings is 1. The van der Waals surface area contributed by atoms with E-state index in [2.05, 4.69) is 4.98 Å². The van der Waals surface area contributed by atoms with Crippen LogP contribution in [-0.4, -0.2) is 55.0 Å². The predicted octanol–water partition coefficient (Wildman–Crippen LogP) is 1.18. The maximum atomic E-state index is 12.3. The number of hydrogen-bond acceptors (Lipinski definition) is 4. The molecule has 0 aliphatic rings. The van der Waals surface area contributed by atoms with Crippen LogP contribution in [0.3, 0.4) is 0 Å². The Hall–Kier alpha value is -0.980. The van der Waals surface area contributed by atoms with E-state index < -0.39 is 15.3 Å². The molecule has 0 radical (unpaired) electrons. The summed E-state index contributed by atoms with van der Waals surface area (Å²) in [5, 5.41) is -0.411. The molecule has 0 atom stereocenters. The minimum Gasteiger partial charge on any atom is -0.308 e. The van der Waals surface area contributed by atoms with Crippen molar-refractivity contribution in [3.63, 3.8) is 0 Å². The standard InChI is InChI=1S/C13H23N3O2S/c1-12(2)19(17,18)16(9-8-15(3)4)11-13-6-5-7-14-10-13/h5-7,10,12H,8-9,11H2,1-4H3. The van der Waals surface area contributed by atoms with Gasteiger partial charge in [-0.05, 0) is 39.6 Å². The summed E-state index contributed by atoms with van der Waals surface area (Å²) in [5.41, 5.74) is 0.908. The Balaban J connectivity index is 2.87. The molecule has 1 rings (SSSR count). The second kappa shape index (κ2) is 6.98. The van der Waals surface area contributed by atoms with Gasteiger partial charge in [0.15, 0.2) is 0 Å². The van der Waals surface area contributed by atoms with E-state index in [1.165, 1.54) is 4.31 Å². The van der Waals surface area contributed by atoms with Crippen LogP contribution >= 0.6 is 0 Å². The molecular weight excluding hydrogens is 262 g/mol. The van der Waals surface area contributed by atoms with Crippen molar-refractivity contribution < 1.29 is 8.42 Å². The number of hydrogen-bond donors (Lipinski definition) is 0. The van der Waals surface area contributed by atoms with Gasteiger partial charge in [0.1, 0.15) is 0 Å². The fourth-order valence-electron chi connectivity index (χ4n) is 1.60. The molecule has 1 aromatic heterocycles. The molecule has 1 aromatic rings. The first kappa shape index (κ1) is 16.1. The van der Waals surface area contributed by atoms with E-state index in [9.17, 15) is 8.42 Å². The average Bonchev–Trinajstić information content (AvgIpc) is 2.35. The van der Waals surface area contributed by atoms with Crippen LogP contribution in [0.1, 0.15) is 19.4 Å². The van der Waals surface area contributed by atoms with Crippen molar-refractivity contribution in [2.24, 2.45) is 0 Å². The zero-order valence-electron chi connectivity index (χ0n) is 12.1. The molecule has 0 N–H and O–H groups in total. The number of nitrogens with zero attached hydrogens (tertiary/aromatic N) is 3. The second-order valence-corrected chi connectivity index (χ2v) is 7.58. The van der Waals surface area contributed by atoms with Gasteiger partial charge in [0, 0.05) is 32.0 Å². The molecule has 5 nitrogen and oxygen atoms in total. The summed E-state index contributed by atoms with van der Waals surface area (Å²) in [7, 11) is 0.616. The molecule has 0 aromatic carbocycles. The molecule has 1 heterocycles. The Morgan fingerprint density at radius 3 is 2.42 bits per heavy atom. The molecule has 0 amide bonds. The van der Waals surface area contributed by atoms with E-state index in [1.807, 2.05) is 31.1 Å². The van der Waals surface area contributed by atoms with E-state index in [1.54, 1.807) is 26.2 Å². The average molecular weight is 285 g/mol. The van der Waals surface area contributed by atoms with Crippen molar-refractivity contribution >= 4 is 10.0 Å². The number of rotatable bonds is 7. The summed E-state index contributed by atoms with van der Waals surface area (Å²) in [6.07, 6.45) is 3.39. The predicted molar refractivity (Wildman–Crippen MR) is 77.3 cm³/mol. The highest BCUT2D eigenvalue weighted by Crippen LogP contribution is 2.13. The third-order valence-corrected chi connectivity index (χ3v) is 5.06. The third-order valence-electron chi connectivity index (χ3n) is 2.83. The van der Waals surface area contributed by atoms with E-state index >= 15 is 0 Å². The quantitative estimate of drug-likeness (QED) is 0.755. The van der Waals surface area contributed by atoms with Crippen molar-refractivity contribution in [1.29, 1.82) is 0 Å². The van der Waals surface area contributed by atoms with Crippen LogP contribution < -0.4 is 0 Å². The Labute approximate surface area is 116 Å². The van der Waals surface area contributed by atoms with E-state index in [4.69, 9.17) is 0 Å². The van der Waals surface area contributed by atoms with Crippen LogP contribution in [0.25, 0.3) is 0 Å². The molecule has 6 heteroatoms. The molecule has 0 unspecified atom stereocenters. The van der Waals surface area contributed by atoms with Crippen LogP contribution in [-0.2, 0) is 16.6 Å². The van der Waals surface area contributed by atoms with Crippen molar-refractivity contribution in [3.8, 4) is 0 Å². The van der Waals surface area contributed by atoms with Crippen LogP contribution in [0.4, 0.5) is 0 Å². The number of sulfonamides is 1. The van der Waals surface area contributed by atoms with Gasteiger partial charge in [-0.25, -0.2) is 8.42 Å². The van der Waals surface area contributed by atoms with Crippen LogP contribution in [0.15, 0.2) is 24.5 Å². The topological polar surface area (TPSA) is 53.5 Å².